The minimum absolute atomic E-state index is 0.274. The summed E-state index contributed by atoms with van der Waals surface area (Å²) in [6.45, 7) is 5.76. The normalized spacial score (nSPS) is 17.9. The number of likely N-dealkylation sites (N-methyl/N-ethyl adjacent to an activating group) is 1. The number of hydrogen-bond acceptors (Lipinski definition) is 3. The summed E-state index contributed by atoms with van der Waals surface area (Å²) in [5, 5.41) is 0. The van der Waals surface area contributed by atoms with Crippen LogP contribution in [0.2, 0.25) is 0 Å². The van der Waals surface area contributed by atoms with Crippen LogP contribution in [0.4, 0.5) is 8.78 Å². The lowest BCUT2D eigenvalue weighted by Gasteiger charge is -2.48. The van der Waals surface area contributed by atoms with Crippen LogP contribution in [0, 0.1) is 11.6 Å². The molecule has 1 heterocycles. The van der Waals surface area contributed by atoms with Gasteiger partial charge in [0.15, 0.2) is 11.6 Å². The summed E-state index contributed by atoms with van der Waals surface area (Å²) in [6, 6.07) is 3.61. The van der Waals surface area contributed by atoms with Crippen molar-refractivity contribution in [3.8, 4) is 0 Å². The summed E-state index contributed by atoms with van der Waals surface area (Å²) in [7, 11) is 0. The molecule has 0 bridgehead atoms. The Bertz CT molecular complexity index is 484. The number of benzene rings is 1. The highest BCUT2D eigenvalue weighted by atomic mass is 19.2. The standard InChI is InChI=1S/C14H17F2NO2/c1-3-17-8-14(9-17,13(18)19-4-2)10-5-6-11(15)12(16)7-10/h5-7H,3-4,8-9H2,1-2H3. The summed E-state index contributed by atoms with van der Waals surface area (Å²) < 4.78 is 31.4. The third-order valence-electron chi connectivity index (χ3n) is 3.57. The minimum Gasteiger partial charge on any atom is -0.465 e. The molecule has 0 aliphatic carbocycles. The lowest BCUT2D eigenvalue weighted by molar-refractivity contribution is -0.157. The van der Waals surface area contributed by atoms with Crippen LogP contribution in [0.3, 0.4) is 0 Å². The van der Waals surface area contributed by atoms with Crippen molar-refractivity contribution in [2.24, 2.45) is 0 Å². The quantitative estimate of drug-likeness (QED) is 0.784. The molecule has 104 valence electrons. The topological polar surface area (TPSA) is 29.5 Å². The molecule has 0 aromatic heterocycles. The Morgan fingerprint density at radius 2 is 2.00 bits per heavy atom. The molecule has 1 aromatic rings. The molecule has 0 radical (unpaired) electrons. The van der Waals surface area contributed by atoms with Gasteiger partial charge in [0.25, 0.3) is 0 Å². The molecular weight excluding hydrogens is 252 g/mol. The number of rotatable bonds is 4. The zero-order chi connectivity index (χ0) is 14.0. The molecule has 0 unspecified atom stereocenters. The van der Waals surface area contributed by atoms with Crippen LogP contribution >= 0.6 is 0 Å². The van der Waals surface area contributed by atoms with Gasteiger partial charge >= 0.3 is 5.97 Å². The van der Waals surface area contributed by atoms with E-state index in [1.807, 2.05) is 6.92 Å². The molecule has 0 amide bonds. The van der Waals surface area contributed by atoms with Gasteiger partial charge in [0.1, 0.15) is 5.41 Å². The Balaban J connectivity index is 2.33. The van der Waals surface area contributed by atoms with Gasteiger partial charge in [-0.1, -0.05) is 13.0 Å². The SMILES string of the molecule is CCOC(=O)C1(c2ccc(F)c(F)c2)CN(CC)C1. The predicted molar refractivity (Wildman–Crippen MR) is 66.8 cm³/mol. The fraction of sp³-hybridized carbons (Fsp3) is 0.500. The minimum atomic E-state index is -0.934. The van der Waals surface area contributed by atoms with E-state index in [2.05, 4.69) is 4.90 Å². The summed E-state index contributed by atoms with van der Waals surface area (Å²) in [6.07, 6.45) is 0. The molecule has 3 nitrogen and oxygen atoms in total. The molecule has 2 rings (SSSR count). The van der Waals surface area contributed by atoms with Crippen LogP contribution in [-0.4, -0.2) is 37.1 Å². The number of carbonyl (C=O) groups is 1. The molecule has 1 saturated heterocycles. The third kappa shape index (κ3) is 2.34. The number of ether oxygens (including phenoxy) is 1. The van der Waals surface area contributed by atoms with Crippen molar-refractivity contribution in [3.63, 3.8) is 0 Å². The second-order valence-electron chi connectivity index (χ2n) is 4.73. The van der Waals surface area contributed by atoms with E-state index < -0.39 is 17.0 Å². The van der Waals surface area contributed by atoms with Gasteiger partial charge in [-0.2, -0.15) is 0 Å². The highest BCUT2D eigenvalue weighted by Gasteiger charge is 2.51. The lowest BCUT2D eigenvalue weighted by atomic mass is 9.73. The van der Waals surface area contributed by atoms with E-state index in [0.717, 1.165) is 18.7 Å². The Kier molecular flexibility index (Phi) is 3.85. The van der Waals surface area contributed by atoms with E-state index in [4.69, 9.17) is 4.74 Å². The molecule has 19 heavy (non-hydrogen) atoms. The van der Waals surface area contributed by atoms with Crippen LogP contribution in [0.5, 0.6) is 0 Å². The molecule has 0 saturated carbocycles. The third-order valence-corrected chi connectivity index (χ3v) is 3.57. The molecule has 5 heteroatoms. The number of nitrogens with zero attached hydrogens (tertiary/aromatic N) is 1. The van der Waals surface area contributed by atoms with Gasteiger partial charge in [-0.25, -0.2) is 8.78 Å². The highest BCUT2D eigenvalue weighted by Crippen LogP contribution is 2.36. The lowest BCUT2D eigenvalue weighted by Crippen LogP contribution is -2.63. The first-order valence-electron chi connectivity index (χ1n) is 6.38. The zero-order valence-electron chi connectivity index (χ0n) is 11.1. The summed E-state index contributed by atoms with van der Waals surface area (Å²) >= 11 is 0. The first-order chi connectivity index (χ1) is 9.03. The van der Waals surface area contributed by atoms with E-state index in [0.29, 0.717) is 18.7 Å². The van der Waals surface area contributed by atoms with E-state index in [1.165, 1.54) is 6.07 Å². The van der Waals surface area contributed by atoms with Crippen LogP contribution in [0.15, 0.2) is 18.2 Å². The molecule has 1 aromatic carbocycles. The number of halogens is 2. The van der Waals surface area contributed by atoms with Gasteiger partial charge in [-0.05, 0) is 31.2 Å². The average molecular weight is 269 g/mol. The zero-order valence-corrected chi connectivity index (χ0v) is 11.1. The monoisotopic (exact) mass is 269 g/mol. The average Bonchev–Trinajstić information content (AvgIpc) is 2.33. The maximum absolute atomic E-state index is 13.4. The molecule has 0 atom stereocenters. The Labute approximate surface area is 111 Å². The first kappa shape index (κ1) is 13.9. The second-order valence-corrected chi connectivity index (χ2v) is 4.73. The maximum Gasteiger partial charge on any atom is 0.319 e. The smallest absolute Gasteiger partial charge is 0.319 e. The molecular formula is C14H17F2NO2. The fourth-order valence-corrected chi connectivity index (χ4v) is 2.43. The summed E-state index contributed by atoms with van der Waals surface area (Å²) in [5.41, 5.74) is -0.379. The van der Waals surface area contributed by atoms with Crippen molar-refractivity contribution < 1.29 is 18.3 Å². The van der Waals surface area contributed by atoms with Crippen molar-refractivity contribution in [3.05, 3.63) is 35.4 Å². The summed E-state index contributed by atoms with van der Waals surface area (Å²) in [4.78, 5) is 14.2. The number of hydrogen-bond donors (Lipinski definition) is 0. The van der Waals surface area contributed by atoms with E-state index in [1.54, 1.807) is 6.92 Å². The molecule has 1 fully saturated rings. The maximum atomic E-state index is 13.4. The van der Waals surface area contributed by atoms with E-state index in [-0.39, 0.29) is 12.6 Å². The summed E-state index contributed by atoms with van der Waals surface area (Å²) in [5.74, 6) is -2.21. The highest BCUT2D eigenvalue weighted by molar-refractivity contribution is 5.85. The molecule has 1 aliphatic rings. The predicted octanol–water partition coefficient (Wildman–Crippen LogP) is 2.10. The van der Waals surface area contributed by atoms with Crippen LogP contribution in [-0.2, 0) is 14.9 Å². The van der Waals surface area contributed by atoms with Gasteiger partial charge < -0.3 is 9.64 Å². The molecule has 0 spiro atoms. The van der Waals surface area contributed by atoms with Crippen molar-refractivity contribution in [2.45, 2.75) is 19.3 Å². The first-order valence-corrected chi connectivity index (χ1v) is 6.38. The van der Waals surface area contributed by atoms with Crippen molar-refractivity contribution >= 4 is 5.97 Å². The fourth-order valence-electron chi connectivity index (χ4n) is 2.43. The van der Waals surface area contributed by atoms with Crippen molar-refractivity contribution in [1.82, 2.24) is 4.90 Å². The van der Waals surface area contributed by atoms with Crippen LogP contribution in [0.1, 0.15) is 19.4 Å². The largest absolute Gasteiger partial charge is 0.465 e. The number of carbonyl (C=O) groups excluding carboxylic acids is 1. The van der Waals surface area contributed by atoms with Crippen LogP contribution in [0.25, 0.3) is 0 Å². The second kappa shape index (κ2) is 5.25. The Morgan fingerprint density at radius 1 is 1.32 bits per heavy atom. The molecule has 0 N–H and O–H groups in total. The number of esters is 1. The van der Waals surface area contributed by atoms with E-state index >= 15 is 0 Å². The van der Waals surface area contributed by atoms with Gasteiger partial charge in [0.2, 0.25) is 0 Å². The van der Waals surface area contributed by atoms with E-state index in [9.17, 15) is 13.6 Å². The van der Waals surface area contributed by atoms with Gasteiger partial charge in [0, 0.05) is 13.1 Å². The van der Waals surface area contributed by atoms with Gasteiger partial charge in [0.05, 0.1) is 6.61 Å². The van der Waals surface area contributed by atoms with Crippen molar-refractivity contribution in [1.29, 1.82) is 0 Å². The Hall–Kier alpha value is -1.49. The van der Waals surface area contributed by atoms with Gasteiger partial charge in [-0.3, -0.25) is 4.79 Å². The Morgan fingerprint density at radius 3 is 2.53 bits per heavy atom. The van der Waals surface area contributed by atoms with Crippen molar-refractivity contribution in [2.75, 3.05) is 26.2 Å². The molecule has 1 aliphatic heterocycles. The van der Waals surface area contributed by atoms with Crippen LogP contribution < -0.4 is 0 Å². The number of likely N-dealkylation sites (tertiary alicyclic amines) is 1. The van der Waals surface area contributed by atoms with Gasteiger partial charge in [-0.15, -0.1) is 0 Å².